The Morgan fingerprint density at radius 3 is 1.93 bits per heavy atom. The first-order valence-corrected chi connectivity index (χ1v) is 31.1. The molecule has 1 aromatic carbocycles. The SMILES string of the molecule is CC1=C2N=C(C=C3N/C(=C(/C)C4=NC(C5N=C1C(C)(CCC(=O)NCC(C)OP(=O)(O)OC1C(CO)OC(Oc6ccc(C)cc6)C1O)C5CC(N)=O)C(C)(CC(N)=O)C4CCC(N)=O)C(C)(CCC(N)=O)C3CCC(N)=O)C(C)(C)C2CCC(N)=O. The van der Waals surface area contributed by atoms with Crippen LogP contribution < -0.4 is 49.8 Å². The Bertz CT molecular complexity index is 3140. The van der Waals surface area contributed by atoms with Crippen molar-refractivity contribution in [3.63, 3.8) is 0 Å². The summed E-state index contributed by atoms with van der Waals surface area (Å²) in [7, 11) is -5.04. The van der Waals surface area contributed by atoms with E-state index in [1.165, 1.54) is 6.92 Å². The van der Waals surface area contributed by atoms with E-state index in [-0.39, 0.29) is 83.6 Å². The van der Waals surface area contributed by atoms with Crippen LogP contribution in [0.15, 0.2) is 73.6 Å². The Morgan fingerprint density at radius 1 is 0.770 bits per heavy atom. The van der Waals surface area contributed by atoms with Gasteiger partial charge in [-0.3, -0.25) is 57.6 Å². The topological polar surface area (TPSA) is 451 Å². The molecule has 6 aliphatic rings. The highest BCUT2D eigenvalue weighted by atomic mass is 31.2. The Kier molecular flexibility index (Phi) is 20.7. The van der Waals surface area contributed by atoms with Gasteiger partial charge < -0.3 is 69.6 Å². The zero-order valence-corrected chi connectivity index (χ0v) is 52.0. The number of nitrogens with two attached hydrogens (primary N) is 6. The lowest BCUT2D eigenvalue weighted by Gasteiger charge is -2.41. The average Bonchev–Trinajstić information content (AvgIpc) is 1.56. The number of phosphoric acid groups is 1. The van der Waals surface area contributed by atoms with Gasteiger partial charge in [-0.1, -0.05) is 52.3 Å². The van der Waals surface area contributed by atoms with E-state index in [2.05, 4.69) is 10.6 Å². The minimum Gasteiger partial charge on any atom is -0.462 e. The number of carbonyl (C=O) groups excluding carboxylic acids is 7. The normalized spacial score (nSPS) is 32.6. The largest absolute Gasteiger partial charge is 0.472 e. The van der Waals surface area contributed by atoms with Gasteiger partial charge in [0.15, 0.2) is 0 Å². The van der Waals surface area contributed by atoms with Crippen LogP contribution in [0.3, 0.4) is 0 Å². The first-order valence-electron chi connectivity index (χ1n) is 29.6. The van der Waals surface area contributed by atoms with Crippen LogP contribution in [0.25, 0.3) is 0 Å². The number of hydrogen-bond acceptors (Lipinski definition) is 18. The number of carbonyl (C=O) groups is 7. The lowest BCUT2D eigenvalue weighted by molar-refractivity contribution is -0.123. The van der Waals surface area contributed by atoms with Gasteiger partial charge >= 0.3 is 7.82 Å². The van der Waals surface area contributed by atoms with E-state index < -0.39 is 144 Å². The molecule has 2 saturated heterocycles. The third-order valence-corrected chi connectivity index (χ3v) is 20.1. The summed E-state index contributed by atoms with van der Waals surface area (Å²) in [5.74, 6) is -6.45. The van der Waals surface area contributed by atoms with Gasteiger partial charge in [-0.05, 0) is 89.2 Å². The summed E-state index contributed by atoms with van der Waals surface area (Å²) in [4.78, 5) is 120. The van der Waals surface area contributed by atoms with Crippen LogP contribution in [0.4, 0.5) is 0 Å². The fourth-order valence-electron chi connectivity index (χ4n) is 14.3. The van der Waals surface area contributed by atoms with E-state index in [4.69, 9.17) is 67.9 Å². The Morgan fingerprint density at radius 2 is 1.36 bits per heavy atom. The maximum atomic E-state index is 14.2. The van der Waals surface area contributed by atoms with Crippen LogP contribution in [0, 0.1) is 52.3 Å². The molecule has 7 rings (SSSR count). The number of hydrogen-bond donors (Lipinski definition) is 11. The van der Waals surface area contributed by atoms with Crippen molar-refractivity contribution in [2.45, 2.75) is 182 Å². The van der Waals surface area contributed by atoms with Crippen molar-refractivity contribution < 1.29 is 71.8 Å². The molecular formula is C60H88N11O15P. The number of aliphatic hydroxyl groups excluding tert-OH is 2. The van der Waals surface area contributed by atoms with Crippen LogP contribution in [0.5, 0.6) is 5.75 Å². The number of amides is 7. The van der Waals surface area contributed by atoms with Gasteiger partial charge in [-0.15, -0.1) is 0 Å². The Hall–Kier alpha value is -6.67. The molecule has 7 amide bonds. The number of phosphoric ester groups is 1. The van der Waals surface area contributed by atoms with E-state index in [1.54, 1.807) is 24.3 Å². The van der Waals surface area contributed by atoms with E-state index in [0.717, 1.165) is 5.56 Å². The predicted molar refractivity (Wildman–Crippen MR) is 321 cm³/mol. The second-order valence-electron chi connectivity index (χ2n) is 25.7. The summed E-state index contributed by atoms with van der Waals surface area (Å²) in [5.41, 5.74) is 37.0. The molecule has 0 saturated carbocycles. The first kappa shape index (κ1) is 67.8. The van der Waals surface area contributed by atoms with Crippen LogP contribution >= 0.6 is 7.82 Å². The van der Waals surface area contributed by atoms with E-state index in [0.29, 0.717) is 51.1 Å². The van der Waals surface area contributed by atoms with Gasteiger partial charge in [0.25, 0.3) is 0 Å². The molecule has 27 heteroatoms. The molecule has 6 aliphatic heterocycles. The molecule has 6 heterocycles. The Balaban J connectivity index is 1.31. The van der Waals surface area contributed by atoms with Gasteiger partial charge in [-0.2, -0.15) is 0 Å². The number of ether oxygens (including phenoxy) is 2. The molecule has 26 nitrogen and oxygen atoms in total. The van der Waals surface area contributed by atoms with Crippen molar-refractivity contribution >= 4 is 66.3 Å². The van der Waals surface area contributed by atoms with Crippen molar-refractivity contribution in [1.29, 1.82) is 0 Å². The number of aryl methyl sites for hydroxylation is 1. The molecular weight excluding hydrogens is 1150 g/mol. The average molecular weight is 1230 g/mol. The molecule has 0 aliphatic carbocycles. The number of aliphatic imine (C=N–C) groups is 3. The van der Waals surface area contributed by atoms with Gasteiger partial charge in [0.2, 0.25) is 47.6 Å². The molecule has 0 spiro atoms. The van der Waals surface area contributed by atoms with E-state index in [1.807, 2.05) is 61.5 Å². The van der Waals surface area contributed by atoms with Gasteiger partial charge in [0, 0.05) is 131 Å². The number of nitrogens with one attached hydrogen (secondary N) is 2. The molecule has 87 heavy (non-hydrogen) atoms. The molecule has 15 atom stereocenters. The van der Waals surface area contributed by atoms with Crippen LogP contribution in [-0.4, -0.2) is 130 Å². The van der Waals surface area contributed by atoms with Crippen molar-refractivity contribution in [2.75, 3.05) is 13.2 Å². The molecule has 17 N–H and O–H groups in total. The molecule has 478 valence electrons. The summed E-state index contributed by atoms with van der Waals surface area (Å²) in [6, 6.07) is 4.88. The lowest BCUT2D eigenvalue weighted by Crippen LogP contribution is -2.48. The van der Waals surface area contributed by atoms with Gasteiger partial charge in [-0.25, -0.2) is 4.57 Å². The fourth-order valence-corrected chi connectivity index (χ4v) is 15.5. The summed E-state index contributed by atoms with van der Waals surface area (Å²) in [5, 5.41) is 27.6. The van der Waals surface area contributed by atoms with Crippen molar-refractivity contribution in [3.05, 3.63) is 64.1 Å². The second-order valence-corrected chi connectivity index (χ2v) is 27.0. The second kappa shape index (κ2) is 26.6. The van der Waals surface area contributed by atoms with Gasteiger partial charge in [0.1, 0.15) is 24.1 Å². The third kappa shape index (κ3) is 14.6. The minimum atomic E-state index is -5.04. The molecule has 2 fully saturated rings. The van der Waals surface area contributed by atoms with Gasteiger partial charge in [0.05, 0.1) is 24.8 Å². The highest BCUT2D eigenvalue weighted by Gasteiger charge is 2.61. The highest BCUT2D eigenvalue weighted by Crippen LogP contribution is 2.59. The van der Waals surface area contributed by atoms with Crippen LogP contribution in [-0.2, 0) is 51.9 Å². The zero-order chi connectivity index (χ0) is 64.5. The summed E-state index contributed by atoms with van der Waals surface area (Å²) in [6.45, 7) is 15.6. The maximum Gasteiger partial charge on any atom is 0.472 e. The van der Waals surface area contributed by atoms with Crippen LogP contribution in [0.2, 0.25) is 0 Å². The predicted octanol–water partition coefficient (Wildman–Crippen LogP) is 2.71. The highest BCUT2D eigenvalue weighted by molar-refractivity contribution is 7.47. The summed E-state index contributed by atoms with van der Waals surface area (Å²) < 4.78 is 35.7. The number of primary amides is 6. The number of benzene rings is 1. The molecule has 0 aromatic heterocycles. The minimum absolute atomic E-state index is 0.00513. The quantitative estimate of drug-likeness (QED) is 0.0537. The standard InChI is InChI=1S/C60H88N11O15P/c1-29-10-12-33(13-11-29)83-56-51(80)52(39(28-72)84-56)86-87(81,82)85-30(2)27-67-47(79)21-23-59(8)37(24-45(65)77)50-55-60(9,26-46(66)78)36(16-19-43(63)75)49(70-55)32(4)53-58(7,22-20-44(64)76)34(14-17-41(61)73)38(68-53)25-40-57(5,6)35(15-18-42(62)74)48(69-40)31(3)54(59)71-50/h10-13,25,30,34-37,39,50-52,55-56,68,72,80H,14-24,26-28H2,1-9H3,(H2,61,73)(H2,62,74)(H2,63,75)(H2,64,76)(H2,65,77)(H2,66,78)(H,67,79)(H,81,82)/b38-25?,48-31?,53-32-. The molecule has 8 bridgehead atoms. The van der Waals surface area contributed by atoms with E-state index in [9.17, 15) is 53.2 Å². The summed E-state index contributed by atoms with van der Waals surface area (Å²) >= 11 is 0. The van der Waals surface area contributed by atoms with Crippen LogP contribution in [0.1, 0.15) is 138 Å². The van der Waals surface area contributed by atoms with E-state index >= 15 is 0 Å². The molecule has 0 radical (unpaired) electrons. The Labute approximate surface area is 506 Å². The zero-order valence-electron chi connectivity index (χ0n) is 51.1. The third-order valence-electron chi connectivity index (χ3n) is 19.0. The molecule has 15 unspecified atom stereocenters. The number of allylic oxidation sites excluding steroid dienone is 6. The smallest absolute Gasteiger partial charge is 0.462 e. The lowest BCUT2D eigenvalue weighted by atomic mass is 9.60. The molecule has 1 aromatic rings. The maximum absolute atomic E-state index is 14.2. The number of aliphatic hydroxyl groups is 2. The van der Waals surface area contributed by atoms with Crippen molar-refractivity contribution in [3.8, 4) is 5.75 Å². The fraction of sp³-hybridized carbons (Fsp3) is 0.633. The number of rotatable bonds is 28. The monoisotopic (exact) mass is 1230 g/mol. The number of nitrogens with zero attached hydrogens (tertiary/aromatic N) is 3. The first-order chi connectivity index (χ1) is 40.6. The number of fused-ring (bicyclic) bond motifs is 6. The summed E-state index contributed by atoms with van der Waals surface area (Å²) in [6.07, 6.45) is -5.34. The van der Waals surface area contributed by atoms with Crippen molar-refractivity contribution in [2.24, 2.45) is 94.7 Å². The van der Waals surface area contributed by atoms with Crippen molar-refractivity contribution in [1.82, 2.24) is 10.6 Å².